The number of hydrogen-bond acceptors (Lipinski definition) is 4. The van der Waals surface area contributed by atoms with Crippen LogP contribution >= 0.6 is 0 Å². The van der Waals surface area contributed by atoms with Crippen LogP contribution in [-0.2, 0) is 25.2 Å². The predicted octanol–water partition coefficient (Wildman–Crippen LogP) is 10.9. The molecule has 6 rings (SSSR count). The van der Waals surface area contributed by atoms with Crippen LogP contribution in [0.5, 0.6) is 0 Å². The van der Waals surface area contributed by atoms with E-state index < -0.39 is 23.5 Å². The molecule has 2 fully saturated rings. The molecule has 2 aliphatic rings. The number of halogens is 6. The van der Waals surface area contributed by atoms with Crippen LogP contribution in [0.25, 0.3) is 22.3 Å². The molecule has 10 heteroatoms. The minimum atomic E-state index is -4.49. The van der Waals surface area contributed by atoms with Crippen molar-refractivity contribution in [2.75, 3.05) is 23.1 Å². The Kier molecular flexibility index (Phi) is 10.5. The molecule has 2 atom stereocenters. The summed E-state index contributed by atoms with van der Waals surface area (Å²) in [4.78, 5) is 0. The minimum absolute atomic E-state index is 0.00109. The molecule has 0 spiro atoms. The highest BCUT2D eigenvalue weighted by atomic mass is 19.4. The molecule has 0 bridgehead atoms. The van der Waals surface area contributed by atoms with Gasteiger partial charge in [0.2, 0.25) is 0 Å². The summed E-state index contributed by atoms with van der Waals surface area (Å²) < 4.78 is 84.7. The number of aryl methyl sites for hydroxylation is 2. The molecule has 2 aliphatic heterocycles. The normalized spacial score (nSPS) is 18.5. The first kappa shape index (κ1) is 36.8. The minimum Gasteiger partial charge on any atom is -0.308 e. The van der Waals surface area contributed by atoms with Gasteiger partial charge >= 0.3 is 12.4 Å². The van der Waals surface area contributed by atoms with Gasteiger partial charge in [0.1, 0.15) is 0 Å². The van der Waals surface area contributed by atoms with E-state index in [2.05, 4.69) is 38.5 Å². The molecule has 2 N–H and O–H groups in total. The Morgan fingerprint density at radius 3 is 1.27 bits per heavy atom. The highest BCUT2D eigenvalue weighted by Crippen LogP contribution is 2.43. The van der Waals surface area contributed by atoms with Crippen molar-refractivity contribution < 1.29 is 26.3 Å². The second-order valence-corrected chi connectivity index (χ2v) is 14.4. The predicted molar refractivity (Wildman–Crippen MR) is 193 cm³/mol. The Bertz CT molecular complexity index is 1670. The summed E-state index contributed by atoms with van der Waals surface area (Å²) in [5, 5.41) is 3.87. The van der Waals surface area contributed by atoms with Crippen molar-refractivity contribution in [1.29, 1.82) is 0 Å². The van der Waals surface area contributed by atoms with E-state index in [1.165, 1.54) is 24.3 Å². The van der Waals surface area contributed by atoms with E-state index in [1.54, 1.807) is 36.4 Å². The van der Waals surface area contributed by atoms with E-state index in [9.17, 15) is 26.3 Å². The standard InChI is InChI=1S/C41H46F6N4/c1-5-7-27-9-13-29(14-10-27)33-25-31(17-19-35(33)40(42,43)44)50-23-21-37(48-50)39(3,4)38-22-24-51(49-38)32-18-20-36(41(45,46)47)34(26-32)30-15-11-28(8-6-2)12-16-30/h9-20,25-26,37-38,48-49H,5-8,21-24H2,1-4H3. The molecule has 0 amide bonds. The Balaban J connectivity index is 1.19. The summed E-state index contributed by atoms with van der Waals surface area (Å²) in [7, 11) is 0. The maximum absolute atomic E-state index is 14.1. The second-order valence-electron chi connectivity index (χ2n) is 14.4. The number of nitrogens with zero attached hydrogens (tertiary/aromatic N) is 2. The number of alkyl halides is 6. The summed E-state index contributed by atoms with van der Waals surface area (Å²) >= 11 is 0. The van der Waals surface area contributed by atoms with E-state index in [-0.39, 0.29) is 28.6 Å². The average Bonchev–Trinajstić information content (AvgIpc) is 3.80. The fourth-order valence-electron chi connectivity index (χ4n) is 7.53. The summed E-state index contributed by atoms with van der Waals surface area (Å²) in [6.07, 6.45) is -3.80. The van der Waals surface area contributed by atoms with Crippen molar-refractivity contribution >= 4 is 11.4 Å². The van der Waals surface area contributed by atoms with Gasteiger partial charge in [-0.05, 0) is 101 Å². The average molecular weight is 709 g/mol. The molecule has 2 heterocycles. The molecule has 0 saturated carbocycles. The molecule has 272 valence electrons. The first-order chi connectivity index (χ1) is 24.2. The van der Waals surface area contributed by atoms with Crippen LogP contribution in [0.15, 0.2) is 84.9 Å². The summed E-state index contributed by atoms with van der Waals surface area (Å²) in [5.74, 6) is 0. The van der Waals surface area contributed by atoms with Gasteiger partial charge in [0, 0.05) is 25.2 Å². The van der Waals surface area contributed by atoms with Crippen LogP contribution in [0, 0.1) is 5.41 Å². The van der Waals surface area contributed by atoms with Gasteiger partial charge < -0.3 is 10.0 Å². The quantitative estimate of drug-likeness (QED) is 0.161. The van der Waals surface area contributed by atoms with E-state index >= 15 is 0 Å². The molecular formula is C41H46F6N4. The summed E-state index contributed by atoms with van der Waals surface area (Å²) in [6.45, 7) is 9.67. The van der Waals surface area contributed by atoms with Crippen molar-refractivity contribution in [1.82, 2.24) is 10.9 Å². The molecule has 51 heavy (non-hydrogen) atoms. The molecule has 4 aromatic rings. The monoisotopic (exact) mass is 708 g/mol. The largest absolute Gasteiger partial charge is 0.417 e. The van der Waals surface area contributed by atoms with Gasteiger partial charge in [0.05, 0.1) is 22.5 Å². The van der Waals surface area contributed by atoms with Gasteiger partial charge in [0.15, 0.2) is 0 Å². The highest BCUT2D eigenvalue weighted by molar-refractivity contribution is 5.74. The molecule has 2 saturated heterocycles. The van der Waals surface area contributed by atoms with Crippen molar-refractivity contribution in [3.63, 3.8) is 0 Å². The van der Waals surface area contributed by atoms with E-state index in [0.29, 0.717) is 35.6 Å². The number of rotatable bonds is 10. The van der Waals surface area contributed by atoms with E-state index in [1.807, 2.05) is 34.3 Å². The van der Waals surface area contributed by atoms with Gasteiger partial charge in [-0.2, -0.15) is 26.3 Å². The van der Waals surface area contributed by atoms with Crippen LogP contribution in [0.2, 0.25) is 0 Å². The maximum atomic E-state index is 14.1. The molecular weight excluding hydrogens is 662 g/mol. The SMILES string of the molecule is CCCc1ccc(-c2cc(N3CCC(C(C)(C)C4CCN(c5ccc(C(F)(F)F)c(-c6ccc(CCC)cc6)c5)N4)N3)ccc2C(F)(F)F)cc1. The first-order valence-electron chi connectivity index (χ1n) is 17.9. The number of hydrogen-bond donors (Lipinski definition) is 2. The van der Waals surface area contributed by atoms with Crippen LogP contribution in [0.4, 0.5) is 37.7 Å². The molecule has 0 aliphatic carbocycles. The van der Waals surface area contributed by atoms with E-state index in [0.717, 1.165) is 49.7 Å². The third kappa shape index (κ3) is 7.92. The summed E-state index contributed by atoms with van der Waals surface area (Å²) in [6, 6.07) is 23.3. The Morgan fingerprint density at radius 1 is 0.569 bits per heavy atom. The second kappa shape index (κ2) is 14.5. The smallest absolute Gasteiger partial charge is 0.308 e. The number of nitrogens with one attached hydrogen (secondary N) is 2. The zero-order valence-electron chi connectivity index (χ0n) is 29.6. The zero-order chi connectivity index (χ0) is 36.6. The fraction of sp³-hybridized carbons (Fsp3) is 0.415. The number of anilines is 2. The van der Waals surface area contributed by atoms with Crippen LogP contribution in [0.1, 0.15) is 75.6 Å². The third-order valence-electron chi connectivity index (χ3n) is 10.6. The van der Waals surface area contributed by atoms with Crippen molar-refractivity contribution in [3.05, 3.63) is 107 Å². The van der Waals surface area contributed by atoms with Gasteiger partial charge in [-0.3, -0.25) is 0 Å². The summed E-state index contributed by atoms with van der Waals surface area (Å²) in [5.41, 5.74) is 10.4. The van der Waals surface area contributed by atoms with Gasteiger partial charge in [-0.25, -0.2) is 10.9 Å². The maximum Gasteiger partial charge on any atom is 0.417 e. The van der Waals surface area contributed by atoms with Crippen LogP contribution < -0.4 is 20.9 Å². The lowest BCUT2D eigenvalue weighted by Crippen LogP contribution is -2.53. The fourth-order valence-corrected chi connectivity index (χ4v) is 7.53. The Morgan fingerprint density at radius 2 is 0.941 bits per heavy atom. The van der Waals surface area contributed by atoms with Crippen molar-refractivity contribution in [2.24, 2.45) is 5.41 Å². The van der Waals surface area contributed by atoms with Gasteiger partial charge in [-0.1, -0.05) is 89.1 Å². The molecule has 4 nitrogen and oxygen atoms in total. The van der Waals surface area contributed by atoms with Crippen LogP contribution in [0.3, 0.4) is 0 Å². The van der Waals surface area contributed by atoms with Crippen molar-refractivity contribution in [3.8, 4) is 22.3 Å². The van der Waals surface area contributed by atoms with Gasteiger partial charge in [0.25, 0.3) is 0 Å². The van der Waals surface area contributed by atoms with Gasteiger partial charge in [-0.15, -0.1) is 0 Å². The molecule has 0 radical (unpaired) electrons. The molecule has 4 aromatic carbocycles. The lowest BCUT2D eigenvalue weighted by molar-refractivity contribution is -0.137. The lowest BCUT2D eigenvalue weighted by atomic mass is 9.76. The number of benzene rings is 4. The lowest BCUT2D eigenvalue weighted by Gasteiger charge is -2.38. The van der Waals surface area contributed by atoms with E-state index in [4.69, 9.17) is 0 Å². The zero-order valence-corrected chi connectivity index (χ0v) is 29.6. The van der Waals surface area contributed by atoms with Crippen molar-refractivity contribution in [2.45, 2.75) is 90.7 Å². The van der Waals surface area contributed by atoms with Crippen LogP contribution in [-0.4, -0.2) is 25.2 Å². The highest BCUT2D eigenvalue weighted by Gasteiger charge is 2.44. The third-order valence-corrected chi connectivity index (χ3v) is 10.6. The molecule has 2 unspecified atom stereocenters. The topological polar surface area (TPSA) is 30.5 Å². The number of hydrazine groups is 2. The Hall–Kier alpha value is -4.02. The molecule has 0 aromatic heterocycles. The first-order valence-corrected chi connectivity index (χ1v) is 17.9. The Labute approximate surface area is 296 Å².